The van der Waals surface area contributed by atoms with Gasteiger partial charge in [0.05, 0.1) is 17.8 Å². The lowest BCUT2D eigenvalue weighted by Crippen LogP contribution is -2.51. The quantitative estimate of drug-likeness (QED) is 0.923. The number of nitrogens with one attached hydrogen (secondary N) is 1. The molecular formula is C17H18N6O. The second-order valence-electron chi connectivity index (χ2n) is 5.51. The van der Waals surface area contributed by atoms with Gasteiger partial charge in [-0.1, -0.05) is 12.1 Å². The molecule has 3 rings (SSSR count). The molecule has 1 aromatic heterocycles. The molecule has 0 spiro atoms. The minimum Gasteiger partial charge on any atom is -0.352 e. The molecule has 122 valence electrons. The van der Waals surface area contributed by atoms with Gasteiger partial charge in [-0.05, 0) is 17.7 Å². The summed E-state index contributed by atoms with van der Waals surface area (Å²) in [6.45, 7) is 3.16. The van der Waals surface area contributed by atoms with Crippen LogP contribution in [0.3, 0.4) is 0 Å². The van der Waals surface area contributed by atoms with E-state index in [1.165, 1.54) is 0 Å². The van der Waals surface area contributed by atoms with Gasteiger partial charge in [0, 0.05) is 45.1 Å². The highest BCUT2D eigenvalue weighted by molar-refractivity contribution is 5.74. The molecule has 0 bridgehead atoms. The summed E-state index contributed by atoms with van der Waals surface area (Å²) in [6.07, 6.45) is 5.05. The van der Waals surface area contributed by atoms with E-state index in [9.17, 15) is 4.79 Å². The number of anilines is 1. The fourth-order valence-corrected chi connectivity index (χ4v) is 2.63. The first kappa shape index (κ1) is 15.7. The van der Waals surface area contributed by atoms with Crippen molar-refractivity contribution < 1.29 is 4.79 Å². The molecule has 1 fully saturated rings. The van der Waals surface area contributed by atoms with Crippen LogP contribution < -0.4 is 10.2 Å². The van der Waals surface area contributed by atoms with E-state index >= 15 is 0 Å². The molecule has 1 saturated heterocycles. The van der Waals surface area contributed by atoms with Crippen molar-refractivity contribution in [1.29, 1.82) is 5.26 Å². The van der Waals surface area contributed by atoms with Crippen molar-refractivity contribution in [3.63, 3.8) is 0 Å². The van der Waals surface area contributed by atoms with Crippen molar-refractivity contribution in [2.75, 3.05) is 31.1 Å². The smallest absolute Gasteiger partial charge is 0.317 e. The molecule has 1 N–H and O–H groups in total. The molecule has 7 heteroatoms. The van der Waals surface area contributed by atoms with Gasteiger partial charge in [0.1, 0.15) is 5.82 Å². The van der Waals surface area contributed by atoms with Gasteiger partial charge in [-0.3, -0.25) is 4.98 Å². The fraction of sp³-hybridized carbons (Fsp3) is 0.294. The van der Waals surface area contributed by atoms with Gasteiger partial charge in [-0.25, -0.2) is 9.78 Å². The predicted octanol–water partition coefficient (Wildman–Crippen LogP) is 1.38. The number of carbonyl (C=O) groups is 1. The Kier molecular flexibility index (Phi) is 4.87. The average molecular weight is 322 g/mol. The highest BCUT2D eigenvalue weighted by Gasteiger charge is 2.21. The Morgan fingerprint density at radius 3 is 2.79 bits per heavy atom. The molecule has 2 amide bonds. The third kappa shape index (κ3) is 3.79. The van der Waals surface area contributed by atoms with E-state index in [0.29, 0.717) is 25.2 Å². The van der Waals surface area contributed by atoms with Gasteiger partial charge in [0.2, 0.25) is 0 Å². The molecule has 0 saturated carbocycles. The van der Waals surface area contributed by atoms with Gasteiger partial charge in [-0.2, -0.15) is 5.26 Å². The molecule has 0 aliphatic carbocycles. The largest absolute Gasteiger partial charge is 0.352 e. The Hall–Kier alpha value is -3.14. The van der Waals surface area contributed by atoms with E-state index < -0.39 is 0 Å². The Labute approximate surface area is 140 Å². The first-order valence-electron chi connectivity index (χ1n) is 7.79. The van der Waals surface area contributed by atoms with Crippen LogP contribution in [0.25, 0.3) is 0 Å². The maximum absolute atomic E-state index is 12.3. The molecule has 0 unspecified atom stereocenters. The standard InChI is InChI=1S/C17H18N6O/c18-11-14-2-1-3-15(10-14)12-21-17(24)23-8-6-22(7-9-23)16-13-19-4-5-20-16/h1-5,10,13H,6-9,12H2,(H,21,24). The summed E-state index contributed by atoms with van der Waals surface area (Å²) >= 11 is 0. The van der Waals surface area contributed by atoms with Crippen LogP contribution in [0.15, 0.2) is 42.9 Å². The van der Waals surface area contributed by atoms with Crippen molar-refractivity contribution in [1.82, 2.24) is 20.2 Å². The maximum Gasteiger partial charge on any atom is 0.317 e. The van der Waals surface area contributed by atoms with Gasteiger partial charge >= 0.3 is 6.03 Å². The minimum absolute atomic E-state index is 0.0869. The molecular weight excluding hydrogens is 304 g/mol. The molecule has 2 aromatic rings. The van der Waals surface area contributed by atoms with Crippen LogP contribution >= 0.6 is 0 Å². The van der Waals surface area contributed by atoms with Crippen molar-refractivity contribution in [3.8, 4) is 6.07 Å². The number of carbonyl (C=O) groups excluding carboxylic acids is 1. The zero-order valence-electron chi connectivity index (χ0n) is 13.2. The van der Waals surface area contributed by atoms with Crippen LogP contribution in [0, 0.1) is 11.3 Å². The van der Waals surface area contributed by atoms with Crippen molar-refractivity contribution in [2.24, 2.45) is 0 Å². The van der Waals surface area contributed by atoms with Crippen LogP contribution in [0.5, 0.6) is 0 Å². The molecule has 1 aliphatic heterocycles. The Morgan fingerprint density at radius 2 is 2.08 bits per heavy atom. The zero-order chi connectivity index (χ0) is 16.8. The molecule has 7 nitrogen and oxygen atoms in total. The summed E-state index contributed by atoms with van der Waals surface area (Å²) < 4.78 is 0. The van der Waals surface area contributed by atoms with E-state index in [1.54, 1.807) is 35.6 Å². The number of aromatic nitrogens is 2. The number of nitriles is 1. The van der Waals surface area contributed by atoms with E-state index in [-0.39, 0.29) is 6.03 Å². The Bertz CT molecular complexity index is 734. The van der Waals surface area contributed by atoms with E-state index in [1.807, 2.05) is 12.1 Å². The lowest BCUT2D eigenvalue weighted by molar-refractivity contribution is 0.194. The number of hydrogen-bond acceptors (Lipinski definition) is 5. The molecule has 1 aromatic carbocycles. The minimum atomic E-state index is -0.0869. The predicted molar refractivity (Wildman–Crippen MR) is 89.2 cm³/mol. The Balaban J connectivity index is 1.49. The maximum atomic E-state index is 12.3. The summed E-state index contributed by atoms with van der Waals surface area (Å²) in [5, 5.41) is 11.8. The van der Waals surface area contributed by atoms with Gasteiger partial charge < -0.3 is 15.1 Å². The molecule has 2 heterocycles. The van der Waals surface area contributed by atoms with E-state index in [0.717, 1.165) is 24.5 Å². The third-order valence-electron chi connectivity index (χ3n) is 3.94. The highest BCUT2D eigenvalue weighted by Crippen LogP contribution is 2.11. The molecule has 0 radical (unpaired) electrons. The molecule has 1 aliphatic rings. The first-order chi connectivity index (χ1) is 11.8. The van der Waals surface area contributed by atoms with Crippen LogP contribution in [-0.2, 0) is 6.54 Å². The van der Waals surface area contributed by atoms with Crippen LogP contribution in [-0.4, -0.2) is 47.1 Å². The number of amides is 2. The lowest BCUT2D eigenvalue weighted by Gasteiger charge is -2.35. The second kappa shape index (κ2) is 7.42. The average Bonchev–Trinajstić information content (AvgIpc) is 2.67. The van der Waals surface area contributed by atoms with Crippen LogP contribution in [0.4, 0.5) is 10.6 Å². The number of rotatable bonds is 3. The summed E-state index contributed by atoms with van der Waals surface area (Å²) in [5.74, 6) is 0.839. The monoisotopic (exact) mass is 322 g/mol. The van der Waals surface area contributed by atoms with Gasteiger partial charge in [-0.15, -0.1) is 0 Å². The van der Waals surface area contributed by atoms with Crippen molar-refractivity contribution in [2.45, 2.75) is 6.54 Å². The number of piperazine rings is 1. The molecule has 0 atom stereocenters. The Morgan fingerprint density at radius 1 is 1.25 bits per heavy atom. The number of urea groups is 1. The highest BCUT2D eigenvalue weighted by atomic mass is 16.2. The van der Waals surface area contributed by atoms with Crippen LogP contribution in [0.1, 0.15) is 11.1 Å². The molecule has 24 heavy (non-hydrogen) atoms. The number of nitrogens with zero attached hydrogens (tertiary/aromatic N) is 5. The van der Waals surface area contributed by atoms with Crippen molar-refractivity contribution in [3.05, 3.63) is 54.0 Å². The summed E-state index contributed by atoms with van der Waals surface area (Å²) in [7, 11) is 0. The first-order valence-corrected chi connectivity index (χ1v) is 7.79. The second-order valence-corrected chi connectivity index (χ2v) is 5.51. The third-order valence-corrected chi connectivity index (χ3v) is 3.94. The normalized spacial score (nSPS) is 14.1. The zero-order valence-corrected chi connectivity index (χ0v) is 13.2. The van der Waals surface area contributed by atoms with Gasteiger partial charge in [0.15, 0.2) is 0 Å². The van der Waals surface area contributed by atoms with Crippen LogP contribution in [0.2, 0.25) is 0 Å². The number of hydrogen-bond donors (Lipinski definition) is 1. The summed E-state index contributed by atoms with van der Waals surface area (Å²) in [6, 6.07) is 9.26. The van der Waals surface area contributed by atoms with E-state index in [4.69, 9.17) is 5.26 Å². The van der Waals surface area contributed by atoms with Crippen molar-refractivity contribution >= 4 is 11.8 Å². The SMILES string of the molecule is N#Cc1cccc(CNC(=O)N2CCN(c3cnccn3)CC2)c1. The summed E-state index contributed by atoms with van der Waals surface area (Å²) in [5.41, 5.74) is 1.51. The topological polar surface area (TPSA) is 85.2 Å². The van der Waals surface area contributed by atoms with E-state index in [2.05, 4.69) is 26.3 Å². The number of benzene rings is 1. The van der Waals surface area contributed by atoms with Gasteiger partial charge in [0.25, 0.3) is 0 Å². The lowest BCUT2D eigenvalue weighted by atomic mass is 10.1. The fourth-order valence-electron chi connectivity index (χ4n) is 2.63. The summed E-state index contributed by atoms with van der Waals surface area (Å²) in [4.78, 5) is 24.5.